The number of anilines is 1. The third kappa shape index (κ3) is 2.69. The van der Waals surface area contributed by atoms with Gasteiger partial charge in [0.15, 0.2) is 0 Å². The number of amides is 4. The smallest absolute Gasteiger partial charge is 0.332 e. The minimum atomic E-state index is -1.64. The third-order valence-electron chi connectivity index (χ3n) is 6.77. The molecular formula is C21H25N4O4. The van der Waals surface area contributed by atoms with E-state index in [1.165, 1.54) is 10.5 Å². The highest BCUT2D eigenvalue weighted by Gasteiger charge is 2.64. The Morgan fingerprint density at radius 2 is 1.76 bits per heavy atom. The quantitative estimate of drug-likeness (QED) is 0.581. The molecule has 1 radical (unpaired) electrons. The van der Waals surface area contributed by atoms with Crippen LogP contribution < -0.4 is 10.6 Å². The van der Waals surface area contributed by atoms with E-state index in [9.17, 15) is 14.4 Å². The Balaban J connectivity index is 1.38. The normalized spacial score (nSPS) is 28.7. The summed E-state index contributed by atoms with van der Waals surface area (Å²) in [6.07, 6.45) is 4.32. The Hall–Kier alpha value is -2.45. The number of primary amides is 1. The summed E-state index contributed by atoms with van der Waals surface area (Å²) in [5.74, 6) is -1.37. The molecule has 0 bridgehead atoms. The standard InChI is InChI=1S/C21H25N4O4/c22-17(26)21-6-1-9-24(21)19(28)25(18(21)27)16-4-2-15(3-5-16)20(7-8-20)14-23-10-12-29-13-11-23/h2-6H,1,7-14H2,(H2,22,26)/t21-/m0/s1. The fraction of sp³-hybridized carbons (Fsp3) is 0.524. The first-order chi connectivity index (χ1) is 14.0. The monoisotopic (exact) mass is 397 g/mol. The first-order valence-electron chi connectivity index (χ1n) is 10.2. The summed E-state index contributed by atoms with van der Waals surface area (Å²) in [7, 11) is 0. The largest absolute Gasteiger partial charge is 0.379 e. The molecule has 3 aliphatic heterocycles. The minimum Gasteiger partial charge on any atom is -0.379 e. The van der Waals surface area contributed by atoms with E-state index in [1.54, 1.807) is 18.6 Å². The van der Waals surface area contributed by atoms with Crippen molar-refractivity contribution < 1.29 is 19.1 Å². The topological polar surface area (TPSA) is 96.2 Å². The molecule has 2 N–H and O–H groups in total. The van der Waals surface area contributed by atoms with Crippen LogP contribution in [-0.4, -0.2) is 72.6 Å². The van der Waals surface area contributed by atoms with Crippen molar-refractivity contribution in [1.82, 2.24) is 9.80 Å². The van der Waals surface area contributed by atoms with Gasteiger partial charge in [-0.25, -0.2) is 9.69 Å². The van der Waals surface area contributed by atoms with Crippen molar-refractivity contribution in [2.24, 2.45) is 5.73 Å². The van der Waals surface area contributed by atoms with E-state index in [1.807, 2.05) is 12.1 Å². The second-order valence-corrected chi connectivity index (χ2v) is 8.41. The van der Waals surface area contributed by atoms with Crippen molar-refractivity contribution in [1.29, 1.82) is 0 Å². The van der Waals surface area contributed by atoms with Crippen LogP contribution in [0.1, 0.15) is 24.8 Å². The number of ether oxygens (including phenoxy) is 1. The van der Waals surface area contributed by atoms with Crippen LogP contribution >= 0.6 is 0 Å². The molecule has 3 heterocycles. The fourth-order valence-electron chi connectivity index (χ4n) is 4.92. The Morgan fingerprint density at radius 1 is 1.07 bits per heavy atom. The van der Waals surface area contributed by atoms with Crippen LogP contribution in [0.15, 0.2) is 24.3 Å². The van der Waals surface area contributed by atoms with Gasteiger partial charge in [-0.3, -0.25) is 14.5 Å². The average molecular weight is 397 g/mol. The molecule has 1 aromatic carbocycles. The summed E-state index contributed by atoms with van der Waals surface area (Å²) >= 11 is 0. The van der Waals surface area contributed by atoms with Gasteiger partial charge in [0.05, 0.1) is 18.9 Å². The number of imide groups is 1. The number of nitrogens with two attached hydrogens (primary N) is 1. The summed E-state index contributed by atoms with van der Waals surface area (Å²) < 4.78 is 5.44. The molecule has 0 unspecified atom stereocenters. The molecule has 8 nitrogen and oxygen atoms in total. The summed E-state index contributed by atoms with van der Waals surface area (Å²) in [5, 5.41) is 0. The minimum absolute atomic E-state index is 0.150. The molecule has 8 heteroatoms. The molecule has 0 spiro atoms. The number of carbonyl (C=O) groups is 3. The predicted octanol–water partition coefficient (Wildman–Crippen LogP) is 0.651. The summed E-state index contributed by atoms with van der Waals surface area (Å²) in [6, 6.07) is 7.15. The average Bonchev–Trinajstić information content (AvgIpc) is 3.29. The lowest BCUT2D eigenvalue weighted by atomic mass is 9.94. The lowest BCUT2D eigenvalue weighted by Gasteiger charge is -2.31. The zero-order chi connectivity index (χ0) is 20.2. The molecule has 1 aromatic rings. The van der Waals surface area contributed by atoms with Crippen LogP contribution in [0.25, 0.3) is 0 Å². The second kappa shape index (κ2) is 6.53. The van der Waals surface area contributed by atoms with Crippen LogP contribution in [0, 0.1) is 6.42 Å². The number of hydrogen-bond donors (Lipinski definition) is 1. The van der Waals surface area contributed by atoms with E-state index in [2.05, 4.69) is 4.90 Å². The number of nitrogens with zero attached hydrogens (tertiary/aromatic N) is 3. The van der Waals surface area contributed by atoms with E-state index in [0.29, 0.717) is 18.7 Å². The SMILES string of the molecule is NC(=O)[C@]12[CH]CCN1C(=O)N(c1ccc(C3(CN4CCOCC4)CC3)cc1)C2=O. The number of urea groups is 1. The summed E-state index contributed by atoms with van der Waals surface area (Å²) in [4.78, 5) is 42.8. The molecule has 4 amide bonds. The van der Waals surface area contributed by atoms with Crippen molar-refractivity contribution in [3.8, 4) is 0 Å². The molecule has 0 aromatic heterocycles. The number of morpholine rings is 1. The van der Waals surface area contributed by atoms with Crippen molar-refractivity contribution in [2.75, 3.05) is 44.3 Å². The van der Waals surface area contributed by atoms with E-state index in [-0.39, 0.29) is 5.41 Å². The van der Waals surface area contributed by atoms with Crippen molar-refractivity contribution in [2.45, 2.75) is 30.2 Å². The zero-order valence-electron chi connectivity index (χ0n) is 16.3. The summed E-state index contributed by atoms with van der Waals surface area (Å²) in [6.45, 7) is 4.80. The van der Waals surface area contributed by atoms with Gasteiger partial charge in [-0.1, -0.05) is 12.1 Å². The highest BCUT2D eigenvalue weighted by molar-refractivity contribution is 6.32. The number of fused-ring (bicyclic) bond motifs is 1. The van der Waals surface area contributed by atoms with Gasteiger partial charge in [-0.05, 0) is 37.0 Å². The van der Waals surface area contributed by atoms with Gasteiger partial charge >= 0.3 is 6.03 Å². The van der Waals surface area contributed by atoms with Gasteiger partial charge in [-0.2, -0.15) is 0 Å². The maximum atomic E-state index is 13.0. The first kappa shape index (κ1) is 18.6. The number of rotatable bonds is 5. The van der Waals surface area contributed by atoms with Gasteiger partial charge < -0.3 is 15.4 Å². The predicted molar refractivity (Wildman–Crippen MR) is 105 cm³/mol. The Kier molecular flexibility index (Phi) is 4.18. The molecule has 1 saturated carbocycles. The number of hydrogen-bond acceptors (Lipinski definition) is 5. The molecule has 5 rings (SSSR count). The lowest BCUT2D eigenvalue weighted by Crippen LogP contribution is -2.55. The van der Waals surface area contributed by atoms with Gasteiger partial charge in [-0.15, -0.1) is 0 Å². The Morgan fingerprint density at radius 3 is 2.34 bits per heavy atom. The van der Waals surface area contributed by atoms with Crippen molar-refractivity contribution in [3.63, 3.8) is 0 Å². The fourth-order valence-corrected chi connectivity index (χ4v) is 4.92. The highest BCUT2D eigenvalue weighted by atomic mass is 16.5. The van der Waals surface area contributed by atoms with Gasteiger partial charge in [0.25, 0.3) is 11.8 Å². The van der Waals surface area contributed by atoms with Crippen LogP contribution in [-0.2, 0) is 19.7 Å². The van der Waals surface area contributed by atoms with E-state index < -0.39 is 23.4 Å². The van der Waals surface area contributed by atoms with Crippen molar-refractivity contribution >= 4 is 23.5 Å². The van der Waals surface area contributed by atoms with E-state index in [4.69, 9.17) is 10.5 Å². The molecule has 4 aliphatic rings. The molecule has 1 aliphatic carbocycles. The molecule has 1 atom stereocenters. The third-order valence-corrected chi connectivity index (χ3v) is 6.77. The van der Waals surface area contributed by atoms with Gasteiger partial charge in [0.1, 0.15) is 0 Å². The number of benzene rings is 1. The maximum Gasteiger partial charge on any atom is 0.332 e. The van der Waals surface area contributed by atoms with Gasteiger partial charge in [0.2, 0.25) is 5.54 Å². The first-order valence-corrected chi connectivity index (χ1v) is 10.2. The van der Waals surface area contributed by atoms with E-state index >= 15 is 0 Å². The Bertz CT molecular complexity index is 860. The molecule has 4 fully saturated rings. The zero-order valence-corrected chi connectivity index (χ0v) is 16.3. The van der Waals surface area contributed by atoms with Crippen molar-refractivity contribution in [3.05, 3.63) is 36.2 Å². The molecule has 3 saturated heterocycles. The molecule has 153 valence electrons. The second-order valence-electron chi connectivity index (χ2n) is 8.41. The molecule has 29 heavy (non-hydrogen) atoms. The lowest BCUT2D eigenvalue weighted by molar-refractivity contribution is -0.134. The highest BCUT2D eigenvalue weighted by Crippen LogP contribution is 2.49. The van der Waals surface area contributed by atoms with Gasteiger partial charge in [0, 0.05) is 38.0 Å². The van der Waals surface area contributed by atoms with Crippen LogP contribution in [0.3, 0.4) is 0 Å². The number of carbonyl (C=O) groups excluding carboxylic acids is 3. The van der Waals surface area contributed by atoms with E-state index in [0.717, 1.165) is 50.6 Å². The Labute approximate surface area is 169 Å². The van der Waals surface area contributed by atoms with Crippen LogP contribution in [0.2, 0.25) is 0 Å². The molecular weight excluding hydrogens is 372 g/mol. The van der Waals surface area contributed by atoms with Crippen LogP contribution in [0.4, 0.5) is 10.5 Å². The summed E-state index contributed by atoms with van der Waals surface area (Å²) in [5.41, 5.74) is 5.74. The van der Waals surface area contributed by atoms with Crippen LogP contribution in [0.5, 0.6) is 0 Å². The maximum absolute atomic E-state index is 13.0.